The normalized spacial score (nSPS) is 12.0. The van der Waals surface area contributed by atoms with E-state index in [1.54, 1.807) is 6.92 Å². The molecular weight excluding hydrogens is 368 g/mol. The van der Waals surface area contributed by atoms with Crippen molar-refractivity contribution in [3.8, 4) is 0 Å². The minimum absolute atomic E-state index is 0. The molecule has 152 valence electrons. The summed E-state index contributed by atoms with van der Waals surface area (Å²) in [6, 6.07) is 0. The quantitative estimate of drug-likeness (QED) is 0.336. The van der Waals surface area contributed by atoms with Crippen molar-refractivity contribution < 1.29 is 61.2 Å². The molecule has 0 aromatic rings. The van der Waals surface area contributed by atoms with Gasteiger partial charge in [0.05, 0.1) is 25.0 Å². The first kappa shape index (κ1) is 35.6. The molecular formula is C16H36O8Ti. The van der Waals surface area contributed by atoms with E-state index in [4.69, 9.17) is 29.9 Å². The van der Waals surface area contributed by atoms with Crippen molar-refractivity contribution in [1.82, 2.24) is 0 Å². The van der Waals surface area contributed by atoms with Crippen molar-refractivity contribution in [3.05, 3.63) is 0 Å². The average molecular weight is 404 g/mol. The third-order valence-corrected chi connectivity index (χ3v) is 3.32. The molecule has 0 bridgehead atoms. The maximum atomic E-state index is 11.8. The van der Waals surface area contributed by atoms with Gasteiger partial charge in [-0.1, -0.05) is 13.8 Å². The van der Waals surface area contributed by atoms with Crippen molar-refractivity contribution in [1.29, 1.82) is 0 Å². The average Bonchev–Trinajstić information content (AvgIpc) is 2.67. The molecule has 4 N–H and O–H groups in total. The Labute approximate surface area is 166 Å². The number of esters is 2. The number of methoxy groups -OCH3 is 1. The summed E-state index contributed by atoms with van der Waals surface area (Å²) >= 11 is 0. The van der Waals surface area contributed by atoms with Crippen molar-refractivity contribution in [2.24, 2.45) is 11.3 Å². The van der Waals surface area contributed by atoms with Crippen molar-refractivity contribution in [2.75, 3.05) is 41.7 Å². The van der Waals surface area contributed by atoms with Crippen LogP contribution >= 0.6 is 0 Å². The fourth-order valence-electron chi connectivity index (χ4n) is 1.82. The van der Waals surface area contributed by atoms with E-state index in [1.807, 2.05) is 13.8 Å². The second-order valence-corrected chi connectivity index (χ2v) is 4.61. The Morgan fingerprint density at radius 2 is 1.48 bits per heavy atom. The van der Waals surface area contributed by atoms with Crippen molar-refractivity contribution in [2.45, 2.75) is 40.0 Å². The Hall–Kier alpha value is -0.506. The summed E-state index contributed by atoms with van der Waals surface area (Å²) < 4.78 is 9.69. The number of hydrogen-bond acceptors (Lipinski definition) is 8. The van der Waals surface area contributed by atoms with Crippen LogP contribution < -0.4 is 0 Å². The van der Waals surface area contributed by atoms with E-state index in [0.717, 1.165) is 21.3 Å². The molecule has 0 aromatic heterocycles. The van der Waals surface area contributed by atoms with Gasteiger partial charge in [0.15, 0.2) is 0 Å². The molecule has 8 nitrogen and oxygen atoms in total. The second kappa shape index (κ2) is 25.7. The van der Waals surface area contributed by atoms with Crippen LogP contribution in [0.5, 0.6) is 0 Å². The molecule has 0 heterocycles. The number of rotatable bonds is 8. The van der Waals surface area contributed by atoms with Gasteiger partial charge in [-0.05, 0) is 26.2 Å². The molecule has 25 heavy (non-hydrogen) atoms. The van der Waals surface area contributed by atoms with Crippen LogP contribution in [0.25, 0.3) is 0 Å². The topological polar surface area (TPSA) is 134 Å². The standard InChI is InChI=1S/C13H24O5.3CH4O.Ti/c1-5-10(11(15)18-8-7-14)9-13(3,6-2)12(16)17-4;3*1-2;/h10,14H,5-9H2,1-4H3;3*2H,1H3;. The van der Waals surface area contributed by atoms with E-state index in [9.17, 15) is 9.59 Å². The molecule has 0 saturated heterocycles. The first-order valence-corrected chi connectivity index (χ1v) is 7.65. The molecule has 0 aliphatic heterocycles. The molecule has 2 unspecified atom stereocenters. The molecule has 0 aromatic carbocycles. The van der Waals surface area contributed by atoms with E-state index in [2.05, 4.69) is 0 Å². The summed E-state index contributed by atoms with van der Waals surface area (Å²) in [5, 5.41) is 29.6. The van der Waals surface area contributed by atoms with Crippen LogP contribution in [0.2, 0.25) is 0 Å². The predicted octanol–water partition coefficient (Wildman–Crippen LogP) is 0.351. The van der Waals surface area contributed by atoms with Gasteiger partial charge in [0.2, 0.25) is 0 Å². The fourth-order valence-corrected chi connectivity index (χ4v) is 1.82. The van der Waals surface area contributed by atoms with E-state index in [1.165, 1.54) is 7.11 Å². The van der Waals surface area contributed by atoms with Gasteiger partial charge in [0.25, 0.3) is 0 Å². The van der Waals surface area contributed by atoms with E-state index >= 15 is 0 Å². The van der Waals surface area contributed by atoms with Crippen LogP contribution in [-0.4, -0.2) is 74.0 Å². The summed E-state index contributed by atoms with van der Waals surface area (Å²) in [6.07, 6.45) is 1.59. The maximum Gasteiger partial charge on any atom is 0.311 e. The monoisotopic (exact) mass is 404 g/mol. The molecule has 0 spiro atoms. The number of carbonyl (C=O) groups excluding carboxylic acids is 2. The zero-order chi connectivity index (χ0) is 20.2. The van der Waals surface area contributed by atoms with Gasteiger partial charge in [-0.15, -0.1) is 0 Å². The van der Waals surface area contributed by atoms with E-state index in [0.29, 0.717) is 19.3 Å². The number of ether oxygens (including phenoxy) is 2. The first-order chi connectivity index (χ1) is 11.4. The number of aliphatic hydroxyl groups is 4. The molecule has 0 amide bonds. The molecule has 0 aliphatic rings. The summed E-state index contributed by atoms with van der Waals surface area (Å²) in [7, 11) is 4.35. The maximum absolute atomic E-state index is 11.8. The number of hydrogen-bond donors (Lipinski definition) is 4. The van der Waals surface area contributed by atoms with Crippen LogP contribution in [0.1, 0.15) is 40.0 Å². The van der Waals surface area contributed by atoms with Gasteiger partial charge >= 0.3 is 11.9 Å². The first-order valence-electron chi connectivity index (χ1n) is 7.65. The minimum atomic E-state index is -0.673. The van der Waals surface area contributed by atoms with Gasteiger partial charge in [0.1, 0.15) is 6.61 Å². The van der Waals surface area contributed by atoms with Gasteiger partial charge in [-0.25, -0.2) is 0 Å². The van der Waals surface area contributed by atoms with E-state index in [-0.39, 0.29) is 52.8 Å². The summed E-state index contributed by atoms with van der Waals surface area (Å²) in [5.41, 5.74) is -0.673. The Kier molecular flexibility index (Phi) is 36.6. The van der Waals surface area contributed by atoms with Gasteiger partial charge in [-0.2, -0.15) is 0 Å². The summed E-state index contributed by atoms with van der Waals surface area (Å²) in [4.78, 5) is 23.5. The summed E-state index contributed by atoms with van der Waals surface area (Å²) in [6.45, 7) is 5.36. The van der Waals surface area contributed by atoms with E-state index < -0.39 is 5.41 Å². The second-order valence-electron chi connectivity index (χ2n) is 4.61. The molecule has 0 saturated carbocycles. The van der Waals surface area contributed by atoms with Crippen LogP contribution in [0.4, 0.5) is 0 Å². The molecule has 2 atom stereocenters. The Balaban J connectivity index is -0.000000171. The SMILES string of the molecule is CCC(CC(C)(CC)C(=O)OC)C(=O)OCCO.CO.CO.CO.[Ti]. The van der Waals surface area contributed by atoms with Gasteiger partial charge in [-0.3, -0.25) is 9.59 Å². The Morgan fingerprint density at radius 3 is 1.76 bits per heavy atom. The Morgan fingerprint density at radius 1 is 1.04 bits per heavy atom. The van der Waals surface area contributed by atoms with Crippen molar-refractivity contribution in [3.63, 3.8) is 0 Å². The molecule has 0 aliphatic carbocycles. The molecule has 0 fully saturated rings. The zero-order valence-corrected chi connectivity index (χ0v) is 18.1. The molecule has 0 radical (unpaired) electrons. The summed E-state index contributed by atoms with van der Waals surface area (Å²) in [5.74, 6) is -1.02. The number of carbonyl (C=O) groups is 2. The third-order valence-electron chi connectivity index (χ3n) is 3.32. The third kappa shape index (κ3) is 16.7. The van der Waals surface area contributed by atoms with Crippen LogP contribution in [0.15, 0.2) is 0 Å². The largest absolute Gasteiger partial charge is 0.469 e. The van der Waals surface area contributed by atoms with Crippen molar-refractivity contribution >= 4 is 11.9 Å². The minimum Gasteiger partial charge on any atom is -0.469 e. The zero-order valence-electron chi connectivity index (χ0n) is 16.5. The van der Waals surface area contributed by atoms with Gasteiger partial charge < -0.3 is 29.9 Å². The van der Waals surface area contributed by atoms with Crippen LogP contribution in [0, 0.1) is 11.3 Å². The fraction of sp³-hybridized carbons (Fsp3) is 0.875. The molecule has 0 rings (SSSR count). The smallest absolute Gasteiger partial charge is 0.311 e. The molecule has 9 heteroatoms. The van der Waals surface area contributed by atoms with Gasteiger partial charge in [0, 0.05) is 43.0 Å². The predicted molar refractivity (Wildman–Crippen MR) is 91.3 cm³/mol. The Bertz CT molecular complexity index is 289. The number of aliphatic hydroxyl groups excluding tert-OH is 4. The van der Waals surface area contributed by atoms with Crippen LogP contribution in [-0.2, 0) is 40.8 Å². The van der Waals surface area contributed by atoms with Crippen LogP contribution in [0.3, 0.4) is 0 Å².